The van der Waals surface area contributed by atoms with Gasteiger partial charge in [-0.1, -0.05) is 18.2 Å². The number of nitrogens with two attached hydrogens (primary N) is 1. The van der Waals surface area contributed by atoms with Gasteiger partial charge in [-0.25, -0.2) is 19.3 Å². The second-order valence-corrected chi connectivity index (χ2v) is 17.4. The number of hydrogen-bond donors (Lipinski definition) is 3. The Kier molecular flexibility index (Phi) is 13.4. The van der Waals surface area contributed by atoms with Crippen LogP contribution in [0.15, 0.2) is 61.1 Å². The number of carbonyl (C=O) groups is 3. The summed E-state index contributed by atoms with van der Waals surface area (Å²) in [5, 5.41) is 5.47. The second-order valence-electron chi connectivity index (χ2n) is 16.9. The van der Waals surface area contributed by atoms with Crippen molar-refractivity contribution in [1.29, 1.82) is 0 Å². The quantitative estimate of drug-likeness (QED) is 0.0876. The highest BCUT2D eigenvalue weighted by atomic mass is 35.5. The van der Waals surface area contributed by atoms with E-state index in [1.807, 2.05) is 23.1 Å². The van der Waals surface area contributed by atoms with Crippen LogP contribution in [0.4, 0.5) is 22.0 Å². The van der Waals surface area contributed by atoms with Crippen molar-refractivity contribution < 1.29 is 37.7 Å². The fourth-order valence-electron chi connectivity index (χ4n) is 8.91. The Labute approximate surface area is 370 Å². The molecule has 336 valence electrons. The minimum absolute atomic E-state index is 0.116. The van der Waals surface area contributed by atoms with Gasteiger partial charge in [-0.15, -0.1) is 0 Å². The summed E-state index contributed by atoms with van der Waals surface area (Å²) in [5.74, 6) is -0.542. The van der Waals surface area contributed by atoms with Crippen LogP contribution in [0, 0.1) is 11.2 Å². The number of carbonyl (C=O) groups excluding carboxylic acids is 3. The molecule has 4 fully saturated rings. The smallest absolute Gasteiger partial charge is 0.256 e. The molecular weight excluding hydrogens is 835 g/mol. The van der Waals surface area contributed by atoms with Crippen molar-refractivity contribution in [2.45, 2.75) is 57.3 Å². The third-order valence-corrected chi connectivity index (χ3v) is 13.0. The van der Waals surface area contributed by atoms with Crippen LogP contribution >= 0.6 is 11.6 Å². The fourth-order valence-corrected chi connectivity index (χ4v) is 9.07. The molecule has 3 unspecified atom stereocenters. The number of nitrogens with one attached hydrogen (secondary N) is 2. The van der Waals surface area contributed by atoms with Crippen LogP contribution < -0.4 is 21.3 Å². The zero-order valence-electron chi connectivity index (χ0n) is 35.6. The van der Waals surface area contributed by atoms with Gasteiger partial charge in [0.25, 0.3) is 5.91 Å². The van der Waals surface area contributed by atoms with E-state index in [2.05, 4.69) is 37.0 Å². The van der Waals surface area contributed by atoms with Crippen LogP contribution in [-0.2, 0) is 28.5 Å². The van der Waals surface area contributed by atoms with Gasteiger partial charge in [-0.05, 0) is 74.4 Å². The van der Waals surface area contributed by atoms with Gasteiger partial charge in [0.05, 0.1) is 45.2 Å². The van der Waals surface area contributed by atoms with Crippen molar-refractivity contribution in [2.24, 2.45) is 5.41 Å². The highest BCUT2D eigenvalue weighted by Crippen LogP contribution is 2.42. The number of anilines is 3. The normalized spacial score (nSPS) is 23.2. The van der Waals surface area contributed by atoms with Crippen LogP contribution in [0.25, 0.3) is 16.8 Å². The Morgan fingerprint density at radius 2 is 1.84 bits per heavy atom. The van der Waals surface area contributed by atoms with Gasteiger partial charge in [-0.3, -0.25) is 33.9 Å². The first-order valence-corrected chi connectivity index (χ1v) is 21.7. The van der Waals surface area contributed by atoms with E-state index in [1.165, 1.54) is 30.5 Å². The summed E-state index contributed by atoms with van der Waals surface area (Å²) in [4.78, 5) is 56.8. The summed E-state index contributed by atoms with van der Waals surface area (Å²) in [6.45, 7) is 15.5. The summed E-state index contributed by atoms with van der Waals surface area (Å²) in [5.41, 5.74) is 7.81. The first-order chi connectivity index (χ1) is 30.3. The molecule has 4 aromatic rings. The number of ether oxygens (including phenoxy) is 4. The molecule has 7 heterocycles. The van der Waals surface area contributed by atoms with E-state index in [9.17, 15) is 14.4 Å². The molecule has 17 nitrogen and oxygen atoms in total. The van der Waals surface area contributed by atoms with E-state index in [0.29, 0.717) is 74.6 Å². The number of fused-ring (bicyclic) bond motifs is 1. The van der Waals surface area contributed by atoms with E-state index < -0.39 is 23.4 Å². The number of pyridine rings is 1. The van der Waals surface area contributed by atoms with Gasteiger partial charge >= 0.3 is 0 Å². The molecule has 3 aromatic heterocycles. The molecule has 0 radical (unpaired) electrons. The number of aromatic nitrogens is 4. The van der Waals surface area contributed by atoms with Crippen LogP contribution in [0.1, 0.15) is 49.9 Å². The van der Waals surface area contributed by atoms with Crippen molar-refractivity contribution in [1.82, 2.24) is 34.5 Å². The average Bonchev–Trinajstić information content (AvgIpc) is 3.59. The first kappa shape index (κ1) is 44.5. The topological polar surface area (TPSA) is 191 Å². The molecule has 3 atom stereocenters. The molecule has 4 N–H and O–H groups in total. The molecule has 4 aliphatic rings. The largest absolute Gasteiger partial charge is 0.382 e. The molecule has 19 heteroatoms. The summed E-state index contributed by atoms with van der Waals surface area (Å²) in [6.07, 6.45) is 7.30. The third kappa shape index (κ3) is 9.72. The fraction of sp³-hybridized carbons (Fsp3) is 0.500. The minimum Gasteiger partial charge on any atom is -0.382 e. The van der Waals surface area contributed by atoms with Crippen LogP contribution in [0.2, 0.25) is 5.02 Å². The number of piperidine rings is 2. The number of hydrogen-bond acceptors (Lipinski definition) is 14. The SMILES string of the molecule is C=C1CN(C2CCC(=O)NC2=O)COC(C)C1(C)OCCOCCOCCN1CC2(CCN(c3nc(-c4ccc(C(=O)Nc5cc(Cl)ccn5)cc4F)c4c(N)nccn34)CC2)C1. The molecule has 0 aliphatic carbocycles. The van der Waals surface area contributed by atoms with Crippen molar-refractivity contribution >= 4 is 52.4 Å². The third-order valence-electron chi connectivity index (χ3n) is 12.8. The lowest BCUT2D eigenvalue weighted by Gasteiger charge is -2.54. The molecule has 1 aromatic carbocycles. The number of nitrogen functional groups attached to an aromatic ring is 1. The monoisotopic (exact) mass is 888 g/mol. The Morgan fingerprint density at radius 1 is 1.08 bits per heavy atom. The molecule has 3 amide bonds. The predicted octanol–water partition coefficient (Wildman–Crippen LogP) is 4.17. The maximum absolute atomic E-state index is 15.8. The maximum atomic E-state index is 15.8. The van der Waals surface area contributed by atoms with Gasteiger partial charge in [0.2, 0.25) is 17.8 Å². The van der Waals surface area contributed by atoms with Crippen molar-refractivity contribution in [3.63, 3.8) is 0 Å². The summed E-state index contributed by atoms with van der Waals surface area (Å²) in [7, 11) is 0. The summed E-state index contributed by atoms with van der Waals surface area (Å²) >= 11 is 6.01. The maximum Gasteiger partial charge on any atom is 0.256 e. The van der Waals surface area contributed by atoms with E-state index in [-0.39, 0.29) is 52.8 Å². The molecule has 63 heavy (non-hydrogen) atoms. The van der Waals surface area contributed by atoms with Crippen LogP contribution in [-0.4, -0.2) is 144 Å². The standard InChI is InChI=1S/C44H54ClFN10O7/c1-28-24-55(34-6-7-36(57)51-41(34)59)27-62-29(2)43(28,3)63-21-20-61-19-18-60-17-16-53-25-44(26-53)9-13-54(14-10-44)42-52-37(38-39(47)49-12-15-56(38)42)32-5-4-30(22-33(32)46)40(58)50-35-23-31(45)8-11-48-35/h4-5,8,11-12,15,22-23,29,34H,1,6-7,9-10,13-14,16-21,24-27H2,2-3H3,(H2,47,49)(H,48,50,58)(H,51,57,59). The lowest BCUT2D eigenvalue weighted by Crippen LogP contribution is -2.61. The Morgan fingerprint density at radius 3 is 2.59 bits per heavy atom. The highest BCUT2D eigenvalue weighted by molar-refractivity contribution is 6.30. The number of imide groups is 1. The average molecular weight is 889 g/mol. The summed E-state index contributed by atoms with van der Waals surface area (Å²) in [6, 6.07) is 6.90. The number of nitrogens with zero attached hydrogens (tertiary/aromatic N) is 7. The molecule has 4 saturated heterocycles. The highest BCUT2D eigenvalue weighted by Gasteiger charge is 2.45. The van der Waals surface area contributed by atoms with Crippen LogP contribution in [0.5, 0.6) is 0 Å². The molecule has 0 bridgehead atoms. The number of amides is 3. The molecular formula is C44H54ClFN10O7. The van der Waals surface area contributed by atoms with E-state index in [0.717, 1.165) is 51.1 Å². The Balaban J connectivity index is 0.750. The van der Waals surface area contributed by atoms with Crippen molar-refractivity contribution in [3.8, 4) is 11.3 Å². The summed E-state index contributed by atoms with van der Waals surface area (Å²) < 4.78 is 41.7. The zero-order valence-corrected chi connectivity index (χ0v) is 36.4. The number of rotatable bonds is 15. The van der Waals surface area contributed by atoms with E-state index in [4.69, 9.17) is 41.3 Å². The Hall–Kier alpha value is -5.08. The van der Waals surface area contributed by atoms with Crippen molar-refractivity contribution in [3.05, 3.63) is 77.5 Å². The van der Waals surface area contributed by atoms with Crippen LogP contribution in [0.3, 0.4) is 0 Å². The van der Waals surface area contributed by atoms with Gasteiger partial charge < -0.3 is 34.9 Å². The van der Waals surface area contributed by atoms with Crippen molar-refractivity contribution in [2.75, 3.05) is 95.0 Å². The number of likely N-dealkylation sites (tertiary alicyclic amines) is 1. The number of imidazole rings is 1. The first-order valence-electron chi connectivity index (χ1n) is 21.3. The molecule has 4 aliphatic heterocycles. The van der Waals surface area contributed by atoms with E-state index >= 15 is 4.39 Å². The number of benzene rings is 1. The molecule has 0 saturated carbocycles. The zero-order chi connectivity index (χ0) is 44.3. The lowest BCUT2D eigenvalue weighted by molar-refractivity contribution is -0.142. The van der Waals surface area contributed by atoms with Gasteiger partial charge in [0, 0.05) is 80.4 Å². The minimum atomic E-state index is -0.764. The lowest BCUT2D eigenvalue weighted by atomic mass is 9.72. The second kappa shape index (κ2) is 18.9. The van der Waals surface area contributed by atoms with Gasteiger partial charge in [-0.2, -0.15) is 0 Å². The van der Waals surface area contributed by atoms with Gasteiger partial charge in [0.15, 0.2) is 0 Å². The molecule has 8 rings (SSSR count). The van der Waals surface area contributed by atoms with E-state index in [1.54, 1.807) is 18.5 Å². The van der Waals surface area contributed by atoms with Gasteiger partial charge in [0.1, 0.15) is 41.0 Å². The Bertz CT molecular complexity index is 2350. The predicted molar refractivity (Wildman–Crippen MR) is 234 cm³/mol. The number of halogens is 2. The molecule has 1 spiro atoms.